The Hall–Kier alpha value is -3.53. The lowest BCUT2D eigenvalue weighted by molar-refractivity contribution is -0.131. The van der Waals surface area contributed by atoms with Crippen molar-refractivity contribution in [2.75, 3.05) is 50.5 Å². The van der Waals surface area contributed by atoms with Gasteiger partial charge in [-0.1, -0.05) is 18.2 Å². The molecule has 0 aliphatic carbocycles. The average Bonchev–Trinajstić information content (AvgIpc) is 3.54. The number of amides is 1. The van der Waals surface area contributed by atoms with Crippen LogP contribution in [0, 0.1) is 18.3 Å². The van der Waals surface area contributed by atoms with Gasteiger partial charge in [-0.05, 0) is 45.0 Å². The summed E-state index contributed by atoms with van der Waals surface area (Å²) in [5.41, 5.74) is 9.34. The van der Waals surface area contributed by atoms with E-state index in [9.17, 15) is 14.4 Å². The van der Waals surface area contributed by atoms with Crippen molar-refractivity contribution in [3.05, 3.63) is 46.0 Å². The van der Waals surface area contributed by atoms with E-state index in [4.69, 9.17) is 32.0 Å². The Morgan fingerprint density at radius 2 is 2.07 bits per heavy atom. The predicted molar refractivity (Wildman–Crippen MR) is 153 cm³/mol. The van der Waals surface area contributed by atoms with Gasteiger partial charge in [0.15, 0.2) is 5.83 Å². The standard InChI is InChI=1S/C28H35ClFN9O2/c1-17-11-24(32)33-23(25(17)29)15-37-13-21-22(14-37)34-28(41-16-20-5-4-8-36(20)3)35-26(21)38-9-10-39(27(40)18(2)30)19(12-38)6-7-31/h11,19-20H,2,4-6,8-10,12-16H2,1,3H3,(H2,32,33)/t19-,20-/m0/s1. The number of likely N-dealkylation sites (tertiary alicyclic amines) is 1. The Kier molecular flexibility index (Phi) is 8.58. The summed E-state index contributed by atoms with van der Waals surface area (Å²) in [7, 11) is 2.09. The molecule has 5 heterocycles. The number of carbonyl (C=O) groups is 1. The molecular formula is C28H35ClFN9O2. The molecule has 2 saturated heterocycles. The lowest BCUT2D eigenvalue weighted by Gasteiger charge is -2.41. The van der Waals surface area contributed by atoms with E-state index in [1.807, 2.05) is 11.8 Å². The number of nitrogens with two attached hydrogens (primary N) is 1. The number of anilines is 2. The van der Waals surface area contributed by atoms with Crippen molar-refractivity contribution in [2.45, 2.75) is 57.9 Å². The van der Waals surface area contributed by atoms with Gasteiger partial charge in [-0.3, -0.25) is 9.69 Å². The zero-order valence-corrected chi connectivity index (χ0v) is 24.2. The molecule has 2 aromatic heterocycles. The van der Waals surface area contributed by atoms with Crippen LogP contribution in [0.15, 0.2) is 18.5 Å². The Bertz CT molecular complexity index is 1380. The smallest absolute Gasteiger partial charge is 0.318 e. The highest BCUT2D eigenvalue weighted by Crippen LogP contribution is 2.34. The maximum absolute atomic E-state index is 13.7. The van der Waals surface area contributed by atoms with Gasteiger partial charge >= 0.3 is 6.01 Å². The quantitative estimate of drug-likeness (QED) is 0.463. The molecule has 0 bridgehead atoms. The van der Waals surface area contributed by atoms with E-state index < -0.39 is 17.8 Å². The van der Waals surface area contributed by atoms with Crippen LogP contribution >= 0.6 is 11.6 Å². The molecule has 3 aliphatic heterocycles. The number of piperazine rings is 1. The second-order valence-corrected chi connectivity index (χ2v) is 11.4. The number of halogens is 2. The van der Waals surface area contributed by atoms with Crippen molar-refractivity contribution >= 4 is 29.1 Å². The molecule has 0 aromatic carbocycles. The summed E-state index contributed by atoms with van der Waals surface area (Å²) in [6.45, 7) is 9.11. The van der Waals surface area contributed by atoms with Crippen molar-refractivity contribution in [3.8, 4) is 12.1 Å². The normalized spacial score (nSPS) is 21.1. The summed E-state index contributed by atoms with van der Waals surface area (Å²) in [5.74, 6) is -0.699. The molecule has 41 heavy (non-hydrogen) atoms. The molecule has 218 valence electrons. The molecular weight excluding hydrogens is 549 g/mol. The van der Waals surface area contributed by atoms with Gasteiger partial charge in [-0.15, -0.1) is 0 Å². The summed E-state index contributed by atoms with van der Waals surface area (Å²) in [6.07, 6.45) is 2.25. The molecule has 2 N–H and O–H groups in total. The van der Waals surface area contributed by atoms with Crippen LogP contribution in [0.1, 0.15) is 41.8 Å². The molecule has 0 spiro atoms. The highest BCUT2D eigenvalue weighted by Gasteiger charge is 2.36. The summed E-state index contributed by atoms with van der Waals surface area (Å²) in [5, 5.41) is 10.0. The van der Waals surface area contributed by atoms with Crippen LogP contribution in [0.3, 0.4) is 0 Å². The van der Waals surface area contributed by atoms with Crippen LogP contribution in [0.5, 0.6) is 6.01 Å². The van der Waals surface area contributed by atoms with E-state index in [1.54, 1.807) is 6.07 Å². The Morgan fingerprint density at radius 1 is 1.27 bits per heavy atom. The lowest BCUT2D eigenvalue weighted by atomic mass is 10.1. The van der Waals surface area contributed by atoms with Crippen molar-refractivity contribution in [3.63, 3.8) is 0 Å². The molecule has 3 aliphatic rings. The monoisotopic (exact) mass is 583 g/mol. The highest BCUT2D eigenvalue weighted by molar-refractivity contribution is 6.32. The number of rotatable bonds is 8. The largest absolute Gasteiger partial charge is 0.462 e. The third-order valence-corrected chi connectivity index (χ3v) is 8.60. The van der Waals surface area contributed by atoms with Crippen molar-refractivity contribution in [1.82, 2.24) is 29.7 Å². The van der Waals surface area contributed by atoms with Gasteiger partial charge < -0.3 is 25.2 Å². The average molecular weight is 584 g/mol. The molecule has 11 nitrogen and oxygen atoms in total. The second-order valence-electron chi connectivity index (χ2n) is 11.0. The number of ether oxygens (including phenoxy) is 1. The number of nitrogens with zero attached hydrogens (tertiary/aromatic N) is 8. The number of aryl methyl sites for hydroxylation is 1. The zero-order valence-electron chi connectivity index (χ0n) is 23.4. The summed E-state index contributed by atoms with van der Waals surface area (Å²) in [4.78, 5) is 34.4. The number of likely N-dealkylation sites (N-methyl/N-ethyl adjacent to an activating group) is 1. The van der Waals surface area contributed by atoms with Gasteiger partial charge in [0.05, 0.1) is 34.9 Å². The van der Waals surface area contributed by atoms with E-state index >= 15 is 0 Å². The molecule has 0 saturated carbocycles. The third kappa shape index (κ3) is 6.22. The maximum Gasteiger partial charge on any atom is 0.318 e. The minimum absolute atomic E-state index is 0.0608. The topological polar surface area (TPSA) is 128 Å². The van der Waals surface area contributed by atoms with Crippen LogP contribution in [-0.4, -0.2) is 87.5 Å². The van der Waals surface area contributed by atoms with Gasteiger partial charge in [0.25, 0.3) is 5.91 Å². The van der Waals surface area contributed by atoms with E-state index in [0.717, 1.165) is 36.2 Å². The zero-order chi connectivity index (χ0) is 29.3. The van der Waals surface area contributed by atoms with Crippen LogP contribution in [0.25, 0.3) is 0 Å². The van der Waals surface area contributed by atoms with E-state index in [0.29, 0.717) is 73.7 Å². The molecule has 2 atom stereocenters. The van der Waals surface area contributed by atoms with Gasteiger partial charge in [-0.25, -0.2) is 9.37 Å². The number of fused-ring (bicyclic) bond motifs is 1. The van der Waals surface area contributed by atoms with Crippen molar-refractivity contribution in [2.24, 2.45) is 0 Å². The van der Waals surface area contributed by atoms with E-state index in [2.05, 4.69) is 34.5 Å². The van der Waals surface area contributed by atoms with Crippen molar-refractivity contribution in [1.29, 1.82) is 5.26 Å². The second kappa shape index (κ2) is 12.1. The van der Waals surface area contributed by atoms with Gasteiger partial charge in [0.2, 0.25) is 0 Å². The summed E-state index contributed by atoms with van der Waals surface area (Å²) >= 11 is 6.56. The minimum atomic E-state index is -1.03. The van der Waals surface area contributed by atoms with E-state index in [1.165, 1.54) is 4.90 Å². The predicted octanol–water partition coefficient (Wildman–Crippen LogP) is 2.82. The lowest BCUT2D eigenvalue weighted by Crippen LogP contribution is -2.55. The molecule has 13 heteroatoms. The van der Waals surface area contributed by atoms with Crippen LogP contribution < -0.4 is 15.4 Å². The first-order valence-corrected chi connectivity index (χ1v) is 14.2. The fourth-order valence-electron chi connectivity index (χ4n) is 5.90. The first-order valence-electron chi connectivity index (χ1n) is 13.8. The fourth-order valence-corrected chi connectivity index (χ4v) is 6.05. The molecule has 0 radical (unpaired) electrons. The number of aromatic nitrogens is 3. The Balaban J connectivity index is 1.42. The molecule has 1 amide bonds. The molecule has 2 fully saturated rings. The number of hydrogen-bond donors (Lipinski definition) is 1. The highest BCUT2D eigenvalue weighted by atomic mass is 35.5. The minimum Gasteiger partial charge on any atom is -0.462 e. The Labute approximate surface area is 244 Å². The number of pyridine rings is 1. The summed E-state index contributed by atoms with van der Waals surface area (Å²) < 4.78 is 19.9. The molecule has 2 aromatic rings. The van der Waals surface area contributed by atoms with Crippen LogP contribution in [0.2, 0.25) is 5.02 Å². The van der Waals surface area contributed by atoms with Gasteiger partial charge in [0, 0.05) is 50.9 Å². The first-order chi connectivity index (χ1) is 19.6. The number of carbonyl (C=O) groups excluding carboxylic acids is 1. The first kappa shape index (κ1) is 29.0. The van der Waals surface area contributed by atoms with Crippen LogP contribution in [0.4, 0.5) is 16.0 Å². The van der Waals surface area contributed by atoms with Gasteiger partial charge in [-0.2, -0.15) is 15.2 Å². The van der Waals surface area contributed by atoms with E-state index in [-0.39, 0.29) is 13.0 Å². The fraction of sp³-hybridized carbons (Fsp3) is 0.536. The Morgan fingerprint density at radius 3 is 2.78 bits per heavy atom. The number of hydrogen-bond acceptors (Lipinski definition) is 10. The summed E-state index contributed by atoms with van der Waals surface area (Å²) in [6, 6.07) is 3.97. The van der Waals surface area contributed by atoms with Crippen molar-refractivity contribution < 1.29 is 13.9 Å². The van der Waals surface area contributed by atoms with Gasteiger partial charge in [0.1, 0.15) is 18.2 Å². The maximum atomic E-state index is 13.7. The number of nitriles is 1. The third-order valence-electron chi connectivity index (χ3n) is 8.09. The SMILES string of the molecule is C=C(F)C(=O)N1CCN(c2nc(OC[C@@H]3CCCN3C)nc3c2CN(Cc2nc(N)cc(C)c2Cl)C3)C[C@@H]1CC#N. The number of nitrogen functional groups attached to an aromatic ring is 1. The molecule has 5 rings (SSSR count). The molecule has 0 unspecified atom stereocenters. The van der Waals surface area contributed by atoms with Crippen LogP contribution in [-0.2, 0) is 24.4 Å².